The van der Waals surface area contributed by atoms with E-state index in [-0.39, 0.29) is 0 Å². The first-order valence-electron chi connectivity index (χ1n) is 8.43. The van der Waals surface area contributed by atoms with E-state index in [2.05, 4.69) is 42.1 Å². The molecule has 3 rings (SSSR count). The minimum absolute atomic E-state index is 0.713. The van der Waals surface area contributed by atoms with E-state index in [1.165, 1.54) is 29.7 Å². The molecule has 1 aromatic carbocycles. The average molecular weight is 297 g/mol. The van der Waals surface area contributed by atoms with Crippen LogP contribution in [-0.4, -0.2) is 25.8 Å². The lowest BCUT2D eigenvalue weighted by Crippen LogP contribution is -2.43. The highest BCUT2D eigenvalue weighted by Gasteiger charge is 2.40. The molecule has 0 bridgehead atoms. The molecule has 1 fully saturated rings. The molecule has 0 radical (unpaired) electrons. The topological polar surface area (TPSA) is 41.6 Å². The fraction of sp³-hybridized carbons (Fsp3) is 0.526. The lowest BCUT2D eigenvalue weighted by atomic mass is 9.84. The Morgan fingerprint density at radius 1 is 1.41 bits per heavy atom. The third-order valence-electron chi connectivity index (χ3n) is 5.06. The molecule has 0 amide bonds. The number of rotatable bonds is 4. The summed E-state index contributed by atoms with van der Waals surface area (Å²) in [7, 11) is 2.26. The summed E-state index contributed by atoms with van der Waals surface area (Å²) >= 11 is 0. The van der Waals surface area contributed by atoms with Crippen LogP contribution in [-0.2, 0) is 6.42 Å². The Kier molecular flexibility index (Phi) is 4.23. The highest BCUT2D eigenvalue weighted by Crippen LogP contribution is 2.44. The van der Waals surface area contributed by atoms with Gasteiger partial charge in [-0.25, -0.2) is 0 Å². The van der Waals surface area contributed by atoms with Gasteiger partial charge in [-0.3, -0.25) is 4.99 Å². The number of anilines is 1. The van der Waals surface area contributed by atoms with Gasteiger partial charge in [-0.05, 0) is 61.3 Å². The van der Waals surface area contributed by atoms with Crippen LogP contribution in [0.2, 0.25) is 0 Å². The average Bonchev–Trinajstić information content (AvgIpc) is 3.32. The zero-order chi connectivity index (χ0) is 15.7. The van der Waals surface area contributed by atoms with Crippen LogP contribution >= 0.6 is 0 Å². The minimum Gasteiger partial charge on any atom is -0.404 e. The third-order valence-corrected chi connectivity index (χ3v) is 5.06. The normalized spacial score (nSPS) is 25.6. The van der Waals surface area contributed by atoms with Crippen molar-refractivity contribution in [3.8, 4) is 0 Å². The second-order valence-corrected chi connectivity index (χ2v) is 6.71. The third kappa shape index (κ3) is 2.77. The summed E-state index contributed by atoms with van der Waals surface area (Å²) in [5.74, 6) is 1.62. The maximum absolute atomic E-state index is 5.78. The van der Waals surface area contributed by atoms with Gasteiger partial charge in [-0.15, -0.1) is 0 Å². The first-order chi connectivity index (χ1) is 10.7. The molecule has 1 aromatic rings. The number of hydrogen-bond acceptors (Lipinski definition) is 3. The van der Waals surface area contributed by atoms with E-state index in [1.807, 2.05) is 13.1 Å². The summed E-state index contributed by atoms with van der Waals surface area (Å²) in [5, 5.41) is 0. The van der Waals surface area contributed by atoms with Gasteiger partial charge in [-0.2, -0.15) is 0 Å². The smallest absolute Gasteiger partial charge is 0.0399 e. The number of benzene rings is 1. The van der Waals surface area contributed by atoms with Crippen LogP contribution in [0.15, 0.2) is 29.4 Å². The van der Waals surface area contributed by atoms with Gasteiger partial charge < -0.3 is 10.6 Å². The fourth-order valence-electron chi connectivity index (χ4n) is 3.90. The van der Waals surface area contributed by atoms with E-state index in [9.17, 15) is 0 Å². The Morgan fingerprint density at radius 2 is 2.18 bits per heavy atom. The van der Waals surface area contributed by atoms with Crippen molar-refractivity contribution in [2.24, 2.45) is 22.6 Å². The molecular formula is C19H27N3. The first-order valence-corrected chi connectivity index (χ1v) is 8.43. The van der Waals surface area contributed by atoms with E-state index in [4.69, 9.17) is 5.73 Å². The maximum Gasteiger partial charge on any atom is 0.0399 e. The minimum atomic E-state index is 0.713. The molecule has 1 aliphatic carbocycles. The van der Waals surface area contributed by atoms with Gasteiger partial charge in [0.15, 0.2) is 0 Å². The number of hydrogen-bond donors (Lipinski definition) is 1. The molecule has 0 saturated heterocycles. The Balaban J connectivity index is 1.91. The fourth-order valence-corrected chi connectivity index (χ4v) is 3.90. The number of fused-ring (bicyclic) bond motifs is 1. The van der Waals surface area contributed by atoms with Crippen molar-refractivity contribution in [3.05, 3.63) is 35.5 Å². The second kappa shape index (κ2) is 6.15. The van der Waals surface area contributed by atoms with E-state index >= 15 is 0 Å². The number of allylic oxidation sites excluding steroid dienone is 1. The van der Waals surface area contributed by atoms with Crippen molar-refractivity contribution in [2.75, 3.05) is 18.5 Å². The molecule has 22 heavy (non-hydrogen) atoms. The molecule has 1 aliphatic heterocycles. The van der Waals surface area contributed by atoms with Crippen LogP contribution in [0.3, 0.4) is 0 Å². The Morgan fingerprint density at radius 3 is 2.82 bits per heavy atom. The van der Waals surface area contributed by atoms with Gasteiger partial charge in [0.1, 0.15) is 0 Å². The second-order valence-electron chi connectivity index (χ2n) is 6.71. The van der Waals surface area contributed by atoms with Gasteiger partial charge in [0, 0.05) is 43.3 Å². The molecule has 0 spiro atoms. The van der Waals surface area contributed by atoms with Crippen molar-refractivity contribution in [3.63, 3.8) is 0 Å². The molecule has 2 atom stereocenters. The SMILES string of the molecule is CCN=CC(=CN)c1ccc2c(c1)CC(C)[C@H](C1CC1)N2C. The van der Waals surface area contributed by atoms with Gasteiger partial charge in [-0.1, -0.05) is 13.0 Å². The highest BCUT2D eigenvalue weighted by atomic mass is 15.2. The quantitative estimate of drug-likeness (QED) is 0.864. The van der Waals surface area contributed by atoms with Crippen LogP contribution < -0.4 is 10.6 Å². The molecular weight excluding hydrogens is 270 g/mol. The van der Waals surface area contributed by atoms with Crippen LogP contribution in [0.4, 0.5) is 5.69 Å². The molecule has 0 aromatic heterocycles. The Bertz CT molecular complexity index is 599. The van der Waals surface area contributed by atoms with Crippen molar-refractivity contribution < 1.29 is 0 Å². The van der Waals surface area contributed by atoms with E-state index in [0.717, 1.165) is 30.4 Å². The van der Waals surface area contributed by atoms with Crippen molar-refractivity contribution in [1.82, 2.24) is 0 Å². The van der Waals surface area contributed by atoms with Crippen molar-refractivity contribution in [2.45, 2.75) is 39.2 Å². The summed E-state index contributed by atoms with van der Waals surface area (Å²) < 4.78 is 0. The summed E-state index contributed by atoms with van der Waals surface area (Å²) in [6.07, 6.45) is 7.51. The standard InChI is InChI=1S/C19H27N3/c1-4-21-12-17(11-20)15-7-8-18-16(10-15)9-13(2)19(22(18)3)14-5-6-14/h7-8,10-14,19H,4-6,9,20H2,1-3H3/t13?,19-/m1/s1. The lowest BCUT2D eigenvalue weighted by Gasteiger charge is -2.41. The van der Waals surface area contributed by atoms with Crippen LogP contribution in [0.25, 0.3) is 5.57 Å². The summed E-state index contributed by atoms with van der Waals surface area (Å²) in [4.78, 5) is 6.83. The van der Waals surface area contributed by atoms with Gasteiger partial charge in [0.2, 0.25) is 0 Å². The largest absolute Gasteiger partial charge is 0.404 e. The predicted molar refractivity (Wildman–Crippen MR) is 95.4 cm³/mol. The summed E-state index contributed by atoms with van der Waals surface area (Å²) in [5.41, 5.74) is 10.8. The van der Waals surface area contributed by atoms with Gasteiger partial charge in [0.25, 0.3) is 0 Å². The van der Waals surface area contributed by atoms with Crippen molar-refractivity contribution in [1.29, 1.82) is 0 Å². The molecule has 1 saturated carbocycles. The Hall–Kier alpha value is -1.77. The number of nitrogens with zero attached hydrogens (tertiary/aromatic N) is 2. The van der Waals surface area contributed by atoms with Gasteiger partial charge in [0.05, 0.1) is 0 Å². The molecule has 2 N–H and O–H groups in total. The zero-order valence-corrected chi connectivity index (χ0v) is 13.9. The molecule has 3 nitrogen and oxygen atoms in total. The molecule has 118 valence electrons. The molecule has 1 unspecified atom stereocenters. The van der Waals surface area contributed by atoms with E-state index < -0.39 is 0 Å². The molecule has 1 heterocycles. The zero-order valence-electron chi connectivity index (χ0n) is 13.9. The van der Waals surface area contributed by atoms with Crippen molar-refractivity contribution >= 4 is 17.5 Å². The Labute approximate surface area is 133 Å². The first kappa shape index (κ1) is 15.1. The van der Waals surface area contributed by atoms with Crippen LogP contribution in [0, 0.1) is 11.8 Å². The number of aliphatic imine (C=N–C) groups is 1. The van der Waals surface area contributed by atoms with E-state index in [0.29, 0.717) is 6.04 Å². The van der Waals surface area contributed by atoms with Crippen LogP contribution in [0.1, 0.15) is 37.8 Å². The highest BCUT2D eigenvalue weighted by molar-refractivity contribution is 6.09. The molecule has 2 aliphatic rings. The predicted octanol–water partition coefficient (Wildman–Crippen LogP) is 3.48. The van der Waals surface area contributed by atoms with E-state index in [1.54, 1.807) is 6.20 Å². The summed E-state index contributed by atoms with van der Waals surface area (Å²) in [6, 6.07) is 7.45. The van der Waals surface area contributed by atoms with Crippen LogP contribution in [0.5, 0.6) is 0 Å². The maximum atomic E-state index is 5.78. The monoisotopic (exact) mass is 297 g/mol. The summed E-state index contributed by atoms with van der Waals surface area (Å²) in [6.45, 7) is 5.21. The number of nitrogens with two attached hydrogens (primary N) is 1. The lowest BCUT2D eigenvalue weighted by molar-refractivity contribution is 0.381. The van der Waals surface area contributed by atoms with Gasteiger partial charge >= 0.3 is 0 Å². The molecule has 3 heteroatoms.